The second-order valence-electron chi connectivity index (χ2n) is 3.96. The zero-order valence-corrected chi connectivity index (χ0v) is 13.1. The standard InChI is InChI=1S/C14H10INO5/c1-20-12-7-6-9(16(18)19)8-13(12)21-14(17)10-4-2-3-5-11(10)15/h2-8H,1H3. The lowest BCUT2D eigenvalue weighted by molar-refractivity contribution is -0.384. The Balaban J connectivity index is 2.34. The molecule has 0 unspecified atom stereocenters. The number of halogens is 1. The predicted molar refractivity (Wildman–Crippen MR) is 83.8 cm³/mol. The Kier molecular flexibility index (Phi) is 4.73. The Labute approximate surface area is 134 Å². The summed E-state index contributed by atoms with van der Waals surface area (Å²) in [5.74, 6) is -0.338. The lowest BCUT2D eigenvalue weighted by Gasteiger charge is -2.09. The highest BCUT2D eigenvalue weighted by Crippen LogP contribution is 2.32. The van der Waals surface area contributed by atoms with E-state index in [1.165, 1.54) is 19.2 Å². The number of hydrogen-bond acceptors (Lipinski definition) is 5. The quantitative estimate of drug-likeness (QED) is 0.259. The zero-order chi connectivity index (χ0) is 15.4. The minimum absolute atomic E-state index is 0.0105. The van der Waals surface area contributed by atoms with E-state index in [-0.39, 0.29) is 17.2 Å². The van der Waals surface area contributed by atoms with Crippen LogP contribution in [0.5, 0.6) is 11.5 Å². The number of carbonyl (C=O) groups excluding carboxylic acids is 1. The van der Waals surface area contributed by atoms with Crippen molar-refractivity contribution in [1.82, 2.24) is 0 Å². The summed E-state index contributed by atoms with van der Waals surface area (Å²) >= 11 is 2.01. The van der Waals surface area contributed by atoms with E-state index < -0.39 is 10.9 Å². The predicted octanol–water partition coefficient (Wildman–Crippen LogP) is 3.43. The van der Waals surface area contributed by atoms with E-state index in [1.807, 2.05) is 22.6 Å². The van der Waals surface area contributed by atoms with Gasteiger partial charge in [-0.3, -0.25) is 10.1 Å². The maximum Gasteiger partial charge on any atom is 0.344 e. The van der Waals surface area contributed by atoms with Crippen LogP contribution in [0.25, 0.3) is 0 Å². The van der Waals surface area contributed by atoms with Crippen LogP contribution in [0.4, 0.5) is 5.69 Å². The zero-order valence-electron chi connectivity index (χ0n) is 10.9. The molecule has 0 spiro atoms. The molecule has 0 atom stereocenters. The monoisotopic (exact) mass is 399 g/mol. The molecule has 0 amide bonds. The molecule has 0 bridgehead atoms. The minimum Gasteiger partial charge on any atom is -0.493 e. The van der Waals surface area contributed by atoms with Crippen LogP contribution < -0.4 is 9.47 Å². The van der Waals surface area contributed by atoms with Crippen LogP contribution in [0.15, 0.2) is 42.5 Å². The molecule has 2 aromatic carbocycles. The highest BCUT2D eigenvalue weighted by molar-refractivity contribution is 14.1. The number of ether oxygens (including phenoxy) is 2. The largest absolute Gasteiger partial charge is 0.493 e. The summed E-state index contributed by atoms with van der Waals surface area (Å²) in [5.41, 5.74) is 0.202. The SMILES string of the molecule is COc1ccc([N+](=O)[O-])cc1OC(=O)c1ccccc1I. The van der Waals surface area contributed by atoms with Gasteiger partial charge >= 0.3 is 5.97 Å². The van der Waals surface area contributed by atoms with Crippen LogP contribution in [0.2, 0.25) is 0 Å². The van der Waals surface area contributed by atoms with Gasteiger partial charge in [-0.15, -0.1) is 0 Å². The first kappa shape index (κ1) is 15.2. The number of methoxy groups -OCH3 is 1. The summed E-state index contributed by atoms with van der Waals surface area (Å²) in [5, 5.41) is 10.8. The first-order chi connectivity index (χ1) is 10.0. The van der Waals surface area contributed by atoms with Gasteiger partial charge in [0.2, 0.25) is 0 Å². The van der Waals surface area contributed by atoms with Crippen molar-refractivity contribution in [3.8, 4) is 11.5 Å². The van der Waals surface area contributed by atoms with Gasteiger partial charge in [0, 0.05) is 9.64 Å². The van der Waals surface area contributed by atoms with Crippen molar-refractivity contribution in [3.05, 3.63) is 61.7 Å². The molecule has 2 aromatic rings. The Bertz CT molecular complexity index is 702. The summed E-state index contributed by atoms with van der Waals surface area (Å²) in [6.45, 7) is 0. The van der Waals surface area contributed by atoms with Gasteiger partial charge in [-0.2, -0.15) is 0 Å². The molecule has 2 rings (SSSR count). The van der Waals surface area contributed by atoms with E-state index in [0.29, 0.717) is 5.56 Å². The number of rotatable bonds is 4. The van der Waals surface area contributed by atoms with Crippen LogP contribution in [-0.4, -0.2) is 18.0 Å². The summed E-state index contributed by atoms with van der Waals surface area (Å²) in [4.78, 5) is 22.4. The van der Waals surface area contributed by atoms with E-state index >= 15 is 0 Å². The van der Waals surface area contributed by atoms with Gasteiger partial charge in [-0.1, -0.05) is 12.1 Å². The fourth-order valence-corrected chi connectivity index (χ4v) is 2.25. The van der Waals surface area contributed by atoms with Gasteiger partial charge in [0.1, 0.15) is 0 Å². The summed E-state index contributed by atoms with van der Waals surface area (Å²) in [6, 6.07) is 10.7. The van der Waals surface area contributed by atoms with Crippen molar-refractivity contribution >= 4 is 34.2 Å². The highest BCUT2D eigenvalue weighted by atomic mass is 127. The average Bonchev–Trinajstić information content (AvgIpc) is 2.47. The molecule has 0 aliphatic carbocycles. The lowest BCUT2D eigenvalue weighted by atomic mass is 10.2. The van der Waals surface area contributed by atoms with Gasteiger partial charge in [0.15, 0.2) is 11.5 Å². The molecule has 0 aromatic heterocycles. The number of nitro benzene ring substituents is 1. The Hall–Kier alpha value is -2.16. The molecule has 0 saturated heterocycles. The van der Waals surface area contributed by atoms with Crippen LogP contribution in [-0.2, 0) is 0 Å². The molecule has 6 nitrogen and oxygen atoms in total. The second kappa shape index (κ2) is 6.53. The third-order valence-corrected chi connectivity index (χ3v) is 3.60. The molecular weight excluding hydrogens is 389 g/mol. The van der Waals surface area contributed by atoms with Gasteiger partial charge in [0.25, 0.3) is 5.69 Å². The van der Waals surface area contributed by atoms with Crippen molar-refractivity contribution in [3.63, 3.8) is 0 Å². The Morgan fingerprint density at radius 1 is 1.19 bits per heavy atom. The van der Waals surface area contributed by atoms with Crippen molar-refractivity contribution in [2.75, 3.05) is 7.11 Å². The number of nitro groups is 1. The van der Waals surface area contributed by atoms with E-state index in [9.17, 15) is 14.9 Å². The van der Waals surface area contributed by atoms with Crippen molar-refractivity contribution in [2.45, 2.75) is 0 Å². The molecule has 0 fully saturated rings. The van der Waals surface area contributed by atoms with Crippen molar-refractivity contribution in [1.29, 1.82) is 0 Å². The number of non-ortho nitro benzene ring substituents is 1. The average molecular weight is 399 g/mol. The molecule has 0 aliphatic heterocycles. The topological polar surface area (TPSA) is 78.7 Å². The summed E-state index contributed by atoms with van der Waals surface area (Å²) in [7, 11) is 1.39. The fraction of sp³-hybridized carbons (Fsp3) is 0.0714. The number of nitrogens with zero attached hydrogens (tertiary/aromatic N) is 1. The Morgan fingerprint density at radius 3 is 2.52 bits per heavy atom. The van der Waals surface area contributed by atoms with Crippen LogP contribution in [0.1, 0.15) is 10.4 Å². The molecule has 108 valence electrons. The molecule has 21 heavy (non-hydrogen) atoms. The third-order valence-electron chi connectivity index (χ3n) is 2.65. The van der Waals surface area contributed by atoms with Crippen molar-refractivity contribution in [2.24, 2.45) is 0 Å². The number of esters is 1. The van der Waals surface area contributed by atoms with Gasteiger partial charge in [-0.05, 0) is 40.8 Å². The number of benzene rings is 2. The molecule has 0 radical (unpaired) electrons. The van der Waals surface area contributed by atoms with E-state index in [4.69, 9.17) is 9.47 Å². The normalized spacial score (nSPS) is 10.0. The fourth-order valence-electron chi connectivity index (χ4n) is 1.64. The van der Waals surface area contributed by atoms with Crippen molar-refractivity contribution < 1.29 is 19.2 Å². The first-order valence-corrected chi connectivity index (χ1v) is 6.90. The van der Waals surface area contributed by atoms with E-state index in [1.54, 1.807) is 24.3 Å². The molecule has 0 heterocycles. The highest BCUT2D eigenvalue weighted by Gasteiger charge is 2.18. The van der Waals surface area contributed by atoms with Gasteiger partial charge < -0.3 is 9.47 Å². The summed E-state index contributed by atoms with van der Waals surface area (Å²) in [6.07, 6.45) is 0. The first-order valence-electron chi connectivity index (χ1n) is 5.82. The van der Waals surface area contributed by atoms with Crippen LogP contribution in [0.3, 0.4) is 0 Å². The van der Waals surface area contributed by atoms with Crippen LogP contribution >= 0.6 is 22.6 Å². The second-order valence-corrected chi connectivity index (χ2v) is 5.12. The maximum absolute atomic E-state index is 12.1. The number of hydrogen-bond donors (Lipinski definition) is 0. The third kappa shape index (κ3) is 3.48. The Morgan fingerprint density at radius 2 is 1.90 bits per heavy atom. The molecule has 7 heteroatoms. The number of carbonyl (C=O) groups is 1. The maximum atomic E-state index is 12.1. The van der Waals surface area contributed by atoms with Crippen LogP contribution in [0, 0.1) is 13.7 Å². The van der Waals surface area contributed by atoms with Gasteiger partial charge in [0.05, 0.1) is 23.7 Å². The molecular formula is C14H10INO5. The van der Waals surface area contributed by atoms with Gasteiger partial charge in [-0.25, -0.2) is 4.79 Å². The molecule has 0 saturated carbocycles. The van der Waals surface area contributed by atoms with E-state index in [2.05, 4.69) is 0 Å². The summed E-state index contributed by atoms with van der Waals surface area (Å²) < 4.78 is 11.0. The lowest BCUT2D eigenvalue weighted by Crippen LogP contribution is -2.11. The molecule has 0 N–H and O–H groups in total. The molecule has 0 aliphatic rings. The smallest absolute Gasteiger partial charge is 0.344 e. The minimum atomic E-state index is -0.598. The van der Waals surface area contributed by atoms with E-state index in [0.717, 1.165) is 9.64 Å².